The molecule has 0 bridgehead atoms. The molecule has 0 atom stereocenters. The molecule has 0 saturated carbocycles. The van der Waals surface area contributed by atoms with Crippen LogP contribution in [0.25, 0.3) is 0 Å². The second kappa shape index (κ2) is 3.69. The number of aryl methyl sites for hydroxylation is 1. The Morgan fingerprint density at radius 3 is 2.38 bits per heavy atom. The highest BCUT2D eigenvalue weighted by Gasteiger charge is 2.10. The van der Waals surface area contributed by atoms with Crippen molar-refractivity contribution in [3.05, 3.63) is 23.8 Å². The van der Waals surface area contributed by atoms with Gasteiger partial charge in [0.1, 0.15) is 0 Å². The van der Waals surface area contributed by atoms with E-state index in [2.05, 4.69) is 38.8 Å². The molecule has 72 valence electrons. The number of para-hydroxylation sites is 1. The summed E-state index contributed by atoms with van der Waals surface area (Å²) in [5.41, 5.74) is 9.16. The zero-order valence-electron chi connectivity index (χ0n) is 8.83. The molecule has 2 N–H and O–H groups in total. The molecule has 0 spiro atoms. The van der Waals surface area contributed by atoms with Crippen LogP contribution in [0.3, 0.4) is 0 Å². The van der Waals surface area contributed by atoms with Crippen LogP contribution in [0.1, 0.15) is 19.4 Å². The molecule has 0 radical (unpaired) electrons. The zero-order valence-corrected chi connectivity index (χ0v) is 8.83. The van der Waals surface area contributed by atoms with Crippen molar-refractivity contribution in [1.82, 2.24) is 0 Å². The molecule has 1 rings (SSSR count). The number of anilines is 2. The Hall–Kier alpha value is -1.18. The smallest absolute Gasteiger partial charge is 0.0629 e. The summed E-state index contributed by atoms with van der Waals surface area (Å²) in [4.78, 5) is 2.20. The highest BCUT2D eigenvalue weighted by molar-refractivity contribution is 5.71. The van der Waals surface area contributed by atoms with Gasteiger partial charge in [0, 0.05) is 13.1 Å². The van der Waals surface area contributed by atoms with Gasteiger partial charge < -0.3 is 10.6 Å². The first-order chi connectivity index (χ1) is 6.04. The largest absolute Gasteiger partial charge is 0.397 e. The summed E-state index contributed by atoms with van der Waals surface area (Å²) in [5.74, 6) is 0. The minimum atomic E-state index is 0.475. The number of benzene rings is 1. The van der Waals surface area contributed by atoms with Crippen molar-refractivity contribution in [2.75, 3.05) is 17.7 Å². The SMILES string of the molecule is Cc1cccc(N)c1N(C)C(C)C. The number of nitrogen functional groups attached to an aromatic ring is 1. The number of hydrogen-bond donors (Lipinski definition) is 1. The summed E-state index contributed by atoms with van der Waals surface area (Å²) in [5, 5.41) is 0. The van der Waals surface area contributed by atoms with Gasteiger partial charge in [-0.25, -0.2) is 0 Å². The van der Waals surface area contributed by atoms with E-state index in [1.807, 2.05) is 12.1 Å². The number of hydrogen-bond acceptors (Lipinski definition) is 2. The second-order valence-electron chi connectivity index (χ2n) is 3.72. The predicted octanol–water partition coefficient (Wildman–Crippen LogP) is 2.42. The molecule has 0 saturated heterocycles. The molecule has 0 fully saturated rings. The molecule has 0 aliphatic carbocycles. The van der Waals surface area contributed by atoms with E-state index in [1.165, 1.54) is 5.56 Å². The summed E-state index contributed by atoms with van der Waals surface area (Å²) in [6.07, 6.45) is 0. The van der Waals surface area contributed by atoms with E-state index in [1.54, 1.807) is 0 Å². The second-order valence-corrected chi connectivity index (χ2v) is 3.72. The molecular weight excluding hydrogens is 160 g/mol. The summed E-state index contributed by atoms with van der Waals surface area (Å²) < 4.78 is 0. The summed E-state index contributed by atoms with van der Waals surface area (Å²) in [6.45, 7) is 6.41. The van der Waals surface area contributed by atoms with Gasteiger partial charge in [0.25, 0.3) is 0 Å². The molecular formula is C11H18N2. The zero-order chi connectivity index (χ0) is 10.0. The van der Waals surface area contributed by atoms with Gasteiger partial charge >= 0.3 is 0 Å². The van der Waals surface area contributed by atoms with Crippen molar-refractivity contribution >= 4 is 11.4 Å². The van der Waals surface area contributed by atoms with Crippen molar-refractivity contribution in [3.8, 4) is 0 Å². The lowest BCUT2D eigenvalue weighted by Crippen LogP contribution is -2.27. The fourth-order valence-electron chi connectivity index (χ4n) is 1.42. The average molecular weight is 178 g/mol. The van der Waals surface area contributed by atoms with E-state index in [0.717, 1.165) is 11.4 Å². The Bertz CT molecular complexity index is 272. The van der Waals surface area contributed by atoms with E-state index in [0.29, 0.717) is 6.04 Å². The molecule has 0 unspecified atom stereocenters. The normalized spacial score (nSPS) is 10.5. The van der Waals surface area contributed by atoms with Gasteiger partial charge in [0.15, 0.2) is 0 Å². The Labute approximate surface area is 80.4 Å². The van der Waals surface area contributed by atoms with Crippen molar-refractivity contribution in [1.29, 1.82) is 0 Å². The van der Waals surface area contributed by atoms with E-state index < -0.39 is 0 Å². The maximum Gasteiger partial charge on any atom is 0.0629 e. The van der Waals surface area contributed by atoms with Crippen LogP contribution in [0.15, 0.2) is 18.2 Å². The van der Waals surface area contributed by atoms with Crippen molar-refractivity contribution in [2.24, 2.45) is 0 Å². The van der Waals surface area contributed by atoms with Crippen LogP contribution in [0.5, 0.6) is 0 Å². The molecule has 0 aliphatic rings. The summed E-state index contributed by atoms with van der Waals surface area (Å²) in [6, 6.07) is 6.50. The lowest BCUT2D eigenvalue weighted by molar-refractivity contribution is 0.753. The Balaban J connectivity index is 3.12. The first-order valence-corrected chi connectivity index (χ1v) is 4.62. The molecule has 0 aliphatic heterocycles. The van der Waals surface area contributed by atoms with Crippen molar-refractivity contribution < 1.29 is 0 Å². The van der Waals surface area contributed by atoms with E-state index in [9.17, 15) is 0 Å². The van der Waals surface area contributed by atoms with Crippen LogP contribution in [0.2, 0.25) is 0 Å². The van der Waals surface area contributed by atoms with Gasteiger partial charge in [-0.1, -0.05) is 12.1 Å². The van der Waals surface area contributed by atoms with Crippen LogP contribution in [-0.4, -0.2) is 13.1 Å². The van der Waals surface area contributed by atoms with Gasteiger partial charge in [-0.05, 0) is 32.4 Å². The van der Waals surface area contributed by atoms with Crippen LogP contribution in [0.4, 0.5) is 11.4 Å². The quantitative estimate of drug-likeness (QED) is 0.705. The predicted molar refractivity (Wildman–Crippen MR) is 59.1 cm³/mol. The third-order valence-corrected chi connectivity index (χ3v) is 2.40. The monoisotopic (exact) mass is 178 g/mol. The van der Waals surface area contributed by atoms with Gasteiger partial charge in [0.2, 0.25) is 0 Å². The molecule has 2 nitrogen and oxygen atoms in total. The molecule has 0 amide bonds. The maximum absolute atomic E-state index is 5.92. The van der Waals surface area contributed by atoms with Crippen LogP contribution in [0, 0.1) is 6.92 Å². The molecule has 1 aromatic carbocycles. The molecule has 0 aromatic heterocycles. The van der Waals surface area contributed by atoms with E-state index in [-0.39, 0.29) is 0 Å². The third-order valence-electron chi connectivity index (χ3n) is 2.40. The highest BCUT2D eigenvalue weighted by atomic mass is 15.1. The Morgan fingerprint density at radius 2 is 1.92 bits per heavy atom. The number of nitrogens with zero attached hydrogens (tertiary/aromatic N) is 1. The standard InChI is InChI=1S/C11H18N2/c1-8(2)13(4)11-9(3)6-5-7-10(11)12/h5-8H,12H2,1-4H3. The summed E-state index contributed by atoms with van der Waals surface area (Å²) >= 11 is 0. The third kappa shape index (κ3) is 1.94. The number of nitrogens with two attached hydrogens (primary N) is 1. The van der Waals surface area contributed by atoms with Gasteiger partial charge in [-0.3, -0.25) is 0 Å². The maximum atomic E-state index is 5.92. The topological polar surface area (TPSA) is 29.3 Å². The highest BCUT2D eigenvalue weighted by Crippen LogP contribution is 2.27. The van der Waals surface area contributed by atoms with Crippen LogP contribution >= 0.6 is 0 Å². The van der Waals surface area contributed by atoms with Gasteiger partial charge in [-0.15, -0.1) is 0 Å². The lowest BCUT2D eigenvalue weighted by atomic mass is 10.1. The van der Waals surface area contributed by atoms with Crippen LogP contribution < -0.4 is 10.6 Å². The van der Waals surface area contributed by atoms with E-state index in [4.69, 9.17) is 5.73 Å². The molecule has 2 heteroatoms. The van der Waals surface area contributed by atoms with Gasteiger partial charge in [0.05, 0.1) is 11.4 Å². The first kappa shape index (κ1) is 9.90. The summed E-state index contributed by atoms with van der Waals surface area (Å²) in [7, 11) is 2.07. The molecule has 13 heavy (non-hydrogen) atoms. The van der Waals surface area contributed by atoms with Crippen LogP contribution in [-0.2, 0) is 0 Å². The minimum Gasteiger partial charge on any atom is -0.397 e. The minimum absolute atomic E-state index is 0.475. The first-order valence-electron chi connectivity index (χ1n) is 4.62. The fourth-order valence-corrected chi connectivity index (χ4v) is 1.42. The Kier molecular flexibility index (Phi) is 2.81. The van der Waals surface area contributed by atoms with Crippen molar-refractivity contribution in [3.63, 3.8) is 0 Å². The van der Waals surface area contributed by atoms with E-state index >= 15 is 0 Å². The average Bonchev–Trinajstić information content (AvgIpc) is 2.03. The van der Waals surface area contributed by atoms with Crippen molar-refractivity contribution in [2.45, 2.75) is 26.8 Å². The number of rotatable bonds is 2. The fraction of sp³-hybridized carbons (Fsp3) is 0.455. The Morgan fingerprint density at radius 1 is 1.31 bits per heavy atom. The molecule has 0 heterocycles. The van der Waals surface area contributed by atoms with Gasteiger partial charge in [-0.2, -0.15) is 0 Å². The molecule has 1 aromatic rings. The lowest BCUT2D eigenvalue weighted by Gasteiger charge is -2.26.